The number of methoxy groups -OCH3 is 1. The van der Waals surface area contributed by atoms with Crippen molar-refractivity contribution in [1.29, 1.82) is 0 Å². The van der Waals surface area contributed by atoms with Crippen LogP contribution in [0.2, 0.25) is 0 Å². The molecule has 0 bridgehead atoms. The van der Waals surface area contributed by atoms with Gasteiger partial charge in [0.25, 0.3) is 5.91 Å². The largest absolute Gasteiger partial charge is 0.497 e. The Morgan fingerprint density at radius 2 is 2.00 bits per heavy atom. The number of nitrogens with one attached hydrogen (secondary N) is 1. The molecule has 124 valence electrons. The SMILES string of the molecule is COc1cccc(C(=O)N[C@H]2CCN(c3ccc(F)cc3)C2=O)c1. The van der Waals surface area contributed by atoms with E-state index in [1.807, 2.05) is 0 Å². The van der Waals surface area contributed by atoms with E-state index in [4.69, 9.17) is 4.74 Å². The zero-order valence-corrected chi connectivity index (χ0v) is 13.2. The number of halogens is 1. The van der Waals surface area contributed by atoms with Crippen LogP contribution in [0.3, 0.4) is 0 Å². The monoisotopic (exact) mass is 328 g/mol. The Kier molecular flexibility index (Phi) is 4.46. The van der Waals surface area contributed by atoms with E-state index in [0.717, 1.165) is 0 Å². The maximum Gasteiger partial charge on any atom is 0.252 e. The molecule has 1 aliphatic heterocycles. The molecule has 0 aromatic heterocycles. The number of anilines is 1. The van der Waals surface area contributed by atoms with Crippen molar-refractivity contribution in [3.63, 3.8) is 0 Å². The molecule has 24 heavy (non-hydrogen) atoms. The van der Waals surface area contributed by atoms with Crippen LogP contribution in [0, 0.1) is 5.82 Å². The quantitative estimate of drug-likeness (QED) is 0.937. The lowest BCUT2D eigenvalue weighted by atomic mass is 10.1. The van der Waals surface area contributed by atoms with E-state index < -0.39 is 6.04 Å². The van der Waals surface area contributed by atoms with Crippen LogP contribution in [0.15, 0.2) is 48.5 Å². The van der Waals surface area contributed by atoms with E-state index in [9.17, 15) is 14.0 Å². The number of benzene rings is 2. The van der Waals surface area contributed by atoms with Crippen LogP contribution in [0.4, 0.5) is 10.1 Å². The molecule has 0 spiro atoms. The summed E-state index contributed by atoms with van der Waals surface area (Å²) < 4.78 is 18.1. The highest BCUT2D eigenvalue weighted by Gasteiger charge is 2.33. The molecule has 3 rings (SSSR count). The van der Waals surface area contributed by atoms with Crippen LogP contribution >= 0.6 is 0 Å². The smallest absolute Gasteiger partial charge is 0.252 e. The number of carbonyl (C=O) groups excluding carboxylic acids is 2. The first-order chi connectivity index (χ1) is 11.6. The van der Waals surface area contributed by atoms with Gasteiger partial charge in [-0.1, -0.05) is 6.07 Å². The Labute approximate surface area is 139 Å². The fraction of sp³-hybridized carbons (Fsp3) is 0.222. The van der Waals surface area contributed by atoms with Crippen molar-refractivity contribution >= 4 is 17.5 Å². The predicted octanol–water partition coefficient (Wildman–Crippen LogP) is 2.37. The third kappa shape index (κ3) is 3.22. The van der Waals surface area contributed by atoms with Crippen molar-refractivity contribution in [2.24, 2.45) is 0 Å². The Hall–Kier alpha value is -2.89. The second-order valence-corrected chi connectivity index (χ2v) is 5.51. The number of hydrogen-bond acceptors (Lipinski definition) is 3. The lowest BCUT2D eigenvalue weighted by molar-refractivity contribution is -0.118. The van der Waals surface area contributed by atoms with Gasteiger partial charge in [-0.2, -0.15) is 0 Å². The van der Waals surface area contributed by atoms with E-state index in [2.05, 4.69) is 5.32 Å². The first-order valence-electron chi connectivity index (χ1n) is 7.60. The molecule has 2 aromatic rings. The first-order valence-corrected chi connectivity index (χ1v) is 7.60. The Morgan fingerprint density at radius 1 is 1.25 bits per heavy atom. The van der Waals surface area contributed by atoms with Crippen molar-refractivity contribution < 1.29 is 18.7 Å². The van der Waals surface area contributed by atoms with Gasteiger partial charge in [0, 0.05) is 17.8 Å². The first kappa shape index (κ1) is 16.0. The summed E-state index contributed by atoms with van der Waals surface area (Å²) in [6, 6.07) is 11.9. The number of nitrogens with zero attached hydrogens (tertiary/aromatic N) is 1. The second-order valence-electron chi connectivity index (χ2n) is 5.51. The van der Waals surface area contributed by atoms with Crippen molar-refractivity contribution in [1.82, 2.24) is 5.32 Å². The van der Waals surface area contributed by atoms with Crippen LogP contribution in [0.1, 0.15) is 16.8 Å². The predicted molar refractivity (Wildman–Crippen MR) is 87.6 cm³/mol. The molecule has 1 N–H and O–H groups in total. The van der Waals surface area contributed by atoms with Gasteiger partial charge in [0.2, 0.25) is 5.91 Å². The van der Waals surface area contributed by atoms with E-state index in [1.165, 1.54) is 19.2 Å². The van der Waals surface area contributed by atoms with Crippen LogP contribution in [-0.4, -0.2) is 31.5 Å². The zero-order chi connectivity index (χ0) is 17.1. The average Bonchev–Trinajstić information content (AvgIpc) is 2.96. The third-order valence-electron chi connectivity index (χ3n) is 3.98. The highest BCUT2D eigenvalue weighted by atomic mass is 19.1. The van der Waals surface area contributed by atoms with Crippen LogP contribution in [0.5, 0.6) is 5.75 Å². The number of ether oxygens (including phenoxy) is 1. The van der Waals surface area contributed by atoms with Crippen LogP contribution < -0.4 is 15.0 Å². The topological polar surface area (TPSA) is 58.6 Å². The van der Waals surface area contributed by atoms with E-state index >= 15 is 0 Å². The van der Waals surface area contributed by atoms with Gasteiger partial charge in [-0.25, -0.2) is 4.39 Å². The number of amides is 2. The molecule has 0 unspecified atom stereocenters. The standard InChI is InChI=1S/C18H17FN2O3/c1-24-15-4-2-3-12(11-15)17(22)20-16-9-10-21(18(16)23)14-7-5-13(19)6-8-14/h2-8,11,16H,9-10H2,1H3,(H,20,22)/t16-/m0/s1. The van der Waals surface area contributed by atoms with Gasteiger partial charge in [-0.05, 0) is 48.9 Å². The molecule has 6 heteroatoms. The van der Waals surface area contributed by atoms with Crippen molar-refractivity contribution in [2.45, 2.75) is 12.5 Å². The van der Waals surface area contributed by atoms with Crippen molar-refractivity contribution in [3.05, 3.63) is 59.9 Å². The van der Waals surface area contributed by atoms with Gasteiger partial charge in [0.15, 0.2) is 0 Å². The summed E-state index contributed by atoms with van der Waals surface area (Å²) in [5, 5.41) is 2.75. The summed E-state index contributed by atoms with van der Waals surface area (Å²) in [5.41, 5.74) is 1.06. The zero-order valence-electron chi connectivity index (χ0n) is 13.2. The summed E-state index contributed by atoms with van der Waals surface area (Å²) in [6.07, 6.45) is 0.506. The minimum absolute atomic E-state index is 0.196. The highest BCUT2D eigenvalue weighted by Crippen LogP contribution is 2.22. The average molecular weight is 328 g/mol. The third-order valence-corrected chi connectivity index (χ3v) is 3.98. The van der Waals surface area contributed by atoms with Gasteiger partial charge in [-0.15, -0.1) is 0 Å². The van der Waals surface area contributed by atoms with E-state index in [1.54, 1.807) is 41.3 Å². The van der Waals surface area contributed by atoms with E-state index in [0.29, 0.717) is 30.0 Å². The molecule has 0 radical (unpaired) electrons. The van der Waals surface area contributed by atoms with Gasteiger partial charge in [0.05, 0.1) is 7.11 Å². The molecule has 2 aromatic carbocycles. The summed E-state index contributed by atoms with van der Waals surface area (Å²) in [6.45, 7) is 0.480. The molecular formula is C18H17FN2O3. The minimum Gasteiger partial charge on any atom is -0.497 e. The highest BCUT2D eigenvalue weighted by molar-refractivity contribution is 6.04. The molecule has 0 aliphatic carbocycles. The van der Waals surface area contributed by atoms with Crippen molar-refractivity contribution in [2.75, 3.05) is 18.6 Å². The van der Waals surface area contributed by atoms with Crippen LogP contribution in [-0.2, 0) is 4.79 Å². The molecule has 1 fully saturated rings. The summed E-state index contributed by atoms with van der Waals surface area (Å²) >= 11 is 0. The molecule has 2 amide bonds. The Balaban J connectivity index is 1.69. The fourth-order valence-electron chi connectivity index (χ4n) is 2.70. The molecule has 5 nitrogen and oxygen atoms in total. The Morgan fingerprint density at radius 3 is 2.71 bits per heavy atom. The lowest BCUT2D eigenvalue weighted by Gasteiger charge is -2.17. The van der Waals surface area contributed by atoms with Gasteiger partial charge < -0.3 is 15.0 Å². The van der Waals surface area contributed by atoms with E-state index in [-0.39, 0.29) is 17.6 Å². The van der Waals surface area contributed by atoms with Crippen LogP contribution in [0.25, 0.3) is 0 Å². The Bertz CT molecular complexity index is 761. The maximum atomic E-state index is 13.0. The molecule has 1 atom stereocenters. The van der Waals surface area contributed by atoms with Crippen molar-refractivity contribution in [3.8, 4) is 5.75 Å². The molecule has 1 aliphatic rings. The number of hydrogen-bond donors (Lipinski definition) is 1. The lowest BCUT2D eigenvalue weighted by Crippen LogP contribution is -2.41. The summed E-state index contributed by atoms with van der Waals surface area (Å²) in [5.74, 6) is -0.298. The molecule has 1 heterocycles. The molecule has 0 saturated carbocycles. The summed E-state index contributed by atoms with van der Waals surface area (Å²) in [7, 11) is 1.53. The molecule has 1 saturated heterocycles. The number of carbonyl (C=O) groups is 2. The second kappa shape index (κ2) is 6.70. The number of rotatable bonds is 4. The van der Waals surface area contributed by atoms with Gasteiger partial charge >= 0.3 is 0 Å². The fourth-order valence-corrected chi connectivity index (χ4v) is 2.70. The maximum absolute atomic E-state index is 13.0. The summed E-state index contributed by atoms with van der Waals surface area (Å²) in [4.78, 5) is 26.3. The molecular weight excluding hydrogens is 311 g/mol. The minimum atomic E-state index is -0.589. The normalized spacial score (nSPS) is 17.0. The van der Waals surface area contributed by atoms with Gasteiger partial charge in [-0.3, -0.25) is 9.59 Å². The van der Waals surface area contributed by atoms with Gasteiger partial charge in [0.1, 0.15) is 17.6 Å².